The van der Waals surface area contributed by atoms with Crippen LogP contribution in [0.25, 0.3) is 0 Å². The number of urea groups is 1. The van der Waals surface area contributed by atoms with E-state index in [0.717, 1.165) is 40.7 Å². The van der Waals surface area contributed by atoms with Gasteiger partial charge in [0.25, 0.3) is 0 Å². The van der Waals surface area contributed by atoms with Gasteiger partial charge in [-0.1, -0.05) is 46.3 Å². The van der Waals surface area contributed by atoms with Gasteiger partial charge in [0, 0.05) is 35.1 Å². The number of nitrogens with two attached hydrogens (primary N) is 1. The van der Waals surface area contributed by atoms with E-state index in [0.29, 0.717) is 13.0 Å². The first-order chi connectivity index (χ1) is 14.8. The summed E-state index contributed by atoms with van der Waals surface area (Å²) in [4.78, 5) is 24.8. The minimum atomic E-state index is -0.767. The van der Waals surface area contributed by atoms with Gasteiger partial charge in [0.2, 0.25) is 0 Å². The predicted octanol–water partition coefficient (Wildman–Crippen LogP) is 5.19. The molecule has 2 atom stereocenters. The Bertz CT molecular complexity index is 845. The summed E-state index contributed by atoms with van der Waals surface area (Å²) in [6.07, 6.45) is 1.54. The van der Waals surface area contributed by atoms with Crippen LogP contribution in [0.5, 0.6) is 0 Å². The van der Waals surface area contributed by atoms with Crippen molar-refractivity contribution in [1.29, 1.82) is 0 Å². The Morgan fingerprint density at radius 2 is 1.68 bits per heavy atom. The fraction of sp³-hybridized carbons (Fsp3) is 0.417. The van der Waals surface area contributed by atoms with Crippen molar-refractivity contribution < 1.29 is 19.2 Å². The number of anilines is 1. The molecule has 0 aliphatic rings. The molecule has 0 saturated heterocycles. The van der Waals surface area contributed by atoms with Crippen LogP contribution < -0.4 is 10.6 Å². The van der Waals surface area contributed by atoms with Crippen LogP contribution in [0.3, 0.4) is 0 Å². The largest absolute Gasteiger partial charge is 0.481 e. The zero-order chi connectivity index (χ0) is 22.9. The van der Waals surface area contributed by atoms with Crippen molar-refractivity contribution in [2.24, 2.45) is 5.73 Å². The standard InChI is InChI=1S/C24H32BrN3O3/c1-3-28(17-7-11-23(29)30,19(2)20-9-5-4-6-10-20)18-8-16-27(24(26)31)22-14-12-21(25)13-15-22/h4-6,9-10,12-15,19H,3,7-8,11,16-18H2,1-2H3,(H2-,26,29,30,31)/p+1/t19-,28?/m1/s1. The number of aliphatic carboxylic acids is 1. The van der Waals surface area contributed by atoms with Gasteiger partial charge in [0.05, 0.1) is 26.1 Å². The lowest BCUT2D eigenvalue weighted by Crippen LogP contribution is -2.52. The van der Waals surface area contributed by atoms with Crippen LogP contribution >= 0.6 is 15.9 Å². The van der Waals surface area contributed by atoms with Gasteiger partial charge in [-0.2, -0.15) is 0 Å². The molecule has 2 aromatic rings. The second-order valence-electron chi connectivity index (χ2n) is 7.89. The smallest absolute Gasteiger partial charge is 0.319 e. The first-order valence-corrected chi connectivity index (χ1v) is 11.5. The lowest BCUT2D eigenvalue weighted by Gasteiger charge is -2.44. The molecule has 168 valence electrons. The fourth-order valence-electron chi connectivity index (χ4n) is 4.21. The molecule has 3 N–H and O–H groups in total. The number of carbonyl (C=O) groups excluding carboxylic acids is 1. The number of carboxylic acid groups (broad SMARTS) is 1. The van der Waals surface area contributed by atoms with E-state index in [1.54, 1.807) is 4.90 Å². The molecule has 0 aromatic heterocycles. The Morgan fingerprint density at radius 3 is 2.23 bits per heavy atom. The second kappa shape index (κ2) is 11.9. The molecule has 0 saturated carbocycles. The number of primary amides is 1. The molecular weight excluding hydrogens is 458 g/mol. The zero-order valence-corrected chi connectivity index (χ0v) is 19.9. The van der Waals surface area contributed by atoms with E-state index < -0.39 is 12.0 Å². The van der Waals surface area contributed by atoms with Crippen LogP contribution in [0.2, 0.25) is 0 Å². The second-order valence-corrected chi connectivity index (χ2v) is 8.80. The van der Waals surface area contributed by atoms with Crippen molar-refractivity contribution in [3.63, 3.8) is 0 Å². The van der Waals surface area contributed by atoms with E-state index in [1.165, 1.54) is 5.56 Å². The van der Waals surface area contributed by atoms with Gasteiger partial charge in [-0.25, -0.2) is 4.79 Å². The Balaban J connectivity index is 2.17. The molecule has 0 spiro atoms. The number of amides is 2. The van der Waals surface area contributed by atoms with Gasteiger partial charge >= 0.3 is 12.0 Å². The van der Waals surface area contributed by atoms with Crippen LogP contribution in [0.15, 0.2) is 59.1 Å². The number of quaternary nitrogens is 1. The van der Waals surface area contributed by atoms with Crippen LogP contribution in [0.1, 0.15) is 44.7 Å². The molecule has 2 amide bonds. The summed E-state index contributed by atoms with van der Waals surface area (Å²) in [6, 6.07) is 17.6. The third kappa shape index (κ3) is 7.08. The lowest BCUT2D eigenvalue weighted by molar-refractivity contribution is -0.954. The Morgan fingerprint density at radius 1 is 1.06 bits per heavy atom. The van der Waals surface area contributed by atoms with E-state index in [2.05, 4.69) is 41.9 Å². The van der Waals surface area contributed by atoms with E-state index in [4.69, 9.17) is 10.8 Å². The minimum absolute atomic E-state index is 0.161. The first-order valence-electron chi connectivity index (χ1n) is 10.7. The number of hydrogen-bond donors (Lipinski definition) is 2. The molecule has 0 aliphatic carbocycles. The quantitative estimate of drug-likeness (QED) is 0.401. The summed E-state index contributed by atoms with van der Waals surface area (Å²) in [6.45, 7) is 7.35. The summed E-state index contributed by atoms with van der Waals surface area (Å²) in [5.74, 6) is -0.767. The number of carbonyl (C=O) groups is 2. The monoisotopic (exact) mass is 490 g/mol. The third-order valence-electron chi connectivity index (χ3n) is 6.12. The number of halogens is 1. The number of rotatable bonds is 12. The van der Waals surface area contributed by atoms with Gasteiger partial charge < -0.3 is 15.3 Å². The molecule has 0 fully saturated rings. The normalized spacial score (nSPS) is 13.9. The van der Waals surface area contributed by atoms with E-state index in [-0.39, 0.29) is 12.5 Å². The van der Waals surface area contributed by atoms with E-state index in [9.17, 15) is 9.59 Å². The van der Waals surface area contributed by atoms with Gasteiger partial charge in [-0.15, -0.1) is 0 Å². The average molecular weight is 491 g/mol. The molecule has 0 radical (unpaired) electrons. The number of benzene rings is 2. The molecule has 2 aromatic carbocycles. The van der Waals surface area contributed by atoms with Gasteiger partial charge in [-0.3, -0.25) is 9.69 Å². The van der Waals surface area contributed by atoms with Crippen molar-refractivity contribution >= 4 is 33.6 Å². The van der Waals surface area contributed by atoms with Crippen LogP contribution in [-0.2, 0) is 4.79 Å². The third-order valence-corrected chi connectivity index (χ3v) is 6.65. The molecule has 2 rings (SSSR count). The molecule has 0 aliphatic heterocycles. The van der Waals surface area contributed by atoms with Gasteiger partial charge in [-0.05, 0) is 38.1 Å². The van der Waals surface area contributed by atoms with Crippen molar-refractivity contribution in [2.45, 2.75) is 39.2 Å². The van der Waals surface area contributed by atoms with E-state index in [1.807, 2.05) is 42.5 Å². The molecule has 1 unspecified atom stereocenters. The van der Waals surface area contributed by atoms with Gasteiger partial charge in [0.1, 0.15) is 6.04 Å². The highest BCUT2D eigenvalue weighted by atomic mass is 79.9. The molecule has 0 heterocycles. The lowest BCUT2D eigenvalue weighted by atomic mass is 10.0. The fourth-order valence-corrected chi connectivity index (χ4v) is 4.48. The average Bonchev–Trinajstić information content (AvgIpc) is 2.76. The summed E-state index contributed by atoms with van der Waals surface area (Å²) in [5.41, 5.74) is 7.66. The summed E-state index contributed by atoms with van der Waals surface area (Å²) in [5, 5.41) is 9.13. The predicted molar refractivity (Wildman–Crippen MR) is 128 cm³/mol. The maximum Gasteiger partial charge on any atom is 0.319 e. The van der Waals surface area contributed by atoms with Crippen LogP contribution in [-0.4, -0.2) is 47.8 Å². The maximum atomic E-state index is 12.1. The Hall–Kier alpha value is -2.38. The van der Waals surface area contributed by atoms with Crippen molar-refractivity contribution in [2.75, 3.05) is 31.1 Å². The molecular formula is C24H33BrN3O3+. The van der Waals surface area contributed by atoms with E-state index >= 15 is 0 Å². The van der Waals surface area contributed by atoms with Crippen molar-refractivity contribution in [3.05, 3.63) is 64.6 Å². The SMILES string of the molecule is CC[N+](CCCC(=O)O)(CCCN(C(N)=O)c1ccc(Br)cc1)[C@H](C)c1ccccc1. The highest BCUT2D eigenvalue weighted by Crippen LogP contribution is 2.30. The van der Waals surface area contributed by atoms with Gasteiger partial charge in [0.15, 0.2) is 0 Å². The highest BCUT2D eigenvalue weighted by molar-refractivity contribution is 9.10. The molecule has 0 bridgehead atoms. The van der Waals surface area contributed by atoms with Crippen molar-refractivity contribution in [1.82, 2.24) is 0 Å². The maximum absolute atomic E-state index is 12.1. The number of hydrogen-bond acceptors (Lipinski definition) is 2. The number of carboxylic acids is 1. The molecule has 31 heavy (non-hydrogen) atoms. The zero-order valence-electron chi connectivity index (χ0n) is 18.3. The minimum Gasteiger partial charge on any atom is -0.481 e. The van der Waals surface area contributed by atoms with Crippen LogP contribution in [0.4, 0.5) is 10.5 Å². The highest BCUT2D eigenvalue weighted by Gasteiger charge is 2.33. The summed E-state index contributed by atoms with van der Waals surface area (Å²) in [7, 11) is 0. The number of nitrogens with zero attached hydrogens (tertiary/aromatic N) is 2. The van der Waals surface area contributed by atoms with Crippen molar-refractivity contribution in [3.8, 4) is 0 Å². The molecule has 6 nitrogen and oxygen atoms in total. The first kappa shape index (κ1) is 24.9. The summed E-state index contributed by atoms with van der Waals surface area (Å²) >= 11 is 3.41. The summed E-state index contributed by atoms with van der Waals surface area (Å²) < 4.78 is 1.71. The molecule has 7 heteroatoms. The van der Waals surface area contributed by atoms with Crippen LogP contribution in [0, 0.1) is 0 Å². The topological polar surface area (TPSA) is 83.6 Å². The Kier molecular flexibility index (Phi) is 9.52. The Labute approximate surface area is 193 Å².